The summed E-state index contributed by atoms with van der Waals surface area (Å²) in [5.41, 5.74) is 1.78. The van der Waals surface area contributed by atoms with Crippen LogP contribution in [0.5, 0.6) is 5.75 Å². The van der Waals surface area contributed by atoms with Crippen molar-refractivity contribution in [3.63, 3.8) is 0 Å². The minimum atomic E-state index is -0.506. The first-order valence-electron chi connectivity index (χ1n) is 8.74. The number of carbonyl (C=O) groups excluding carboxylic acids is 1. The zero-order chi connectivity index (χ0) is 20.0. The lowest BCUT2D eigenvalue weighted by Crippen LogP contribution is -2.13. The molecule has 0 atom stereocenters. The summed E-state index contributed by atoms with van der Waals surface area (Å²) in [6.07, 6.45) is 1.48. The van der Waals surface area contributed by atoms with Gasteiger partial charge in [0.25, 0.3) is 5.91 Å². The third kappa shape index (κ3) is 5.35. The SMILES string of the molecule is CCOc1ccc(NC(=O)/C(C#N)=C/c2c(C)nn(CC(C)C)c2Cl)cc1. The van der Waals surface area contributed by atoms with E-state index in [0.29, 0.717) is 46.9 Å². The normalized spacial score (nSPS) is 11.4. The largest absolute Gasteiger partial charge is 0.494 e. The molecule has 0 spiro atoms. The zero-order valence-electron chi connectivity index (χ0n) is 15.9. The van der Waals surface area contributed by atoms with Crippen LogP contribution in [-0.4, -0.2) is 22.3 Å². The summed E-state index contributed by atoms with van der Waals surface area (Å²) in [6, 6.07) is 8.89. The van der Waals surface area contributed by atoms with Gasteiger partial charge < -0.3 is 10.1 Å². The standard InChI is InChI=1S/C20H23ClN4O2/c1-5-27-17-8-6-16(7-9-17)23-20(26)15(11-22)10-18-14(4)24-25(19(18)21)12-13(2)3/h6-10,13H,5,12H2,1-4H3,(H,23,26)/b15-10+. The maximum absolute atomic E-state index is 12.5. The molecular weight excluding hydrogens is 364 g/mol. The Labute approximate surface area is 164 Å². The quantitative estimate of drug-likeness (QED) is 0.563. The van der Waals surface area contributed by atoms with Crippen LogP contribution in [0.4, 0.5) is 5.69 Å². The molecular formula is C20H23ClN4O2. The first-order valence-corrected chi connectivity index (χ1v) is 9.12. The summed E-state index contributed by atoms with van der Waals surface area (Å²) in [7, 11) is 0. The summed E-state index contributed by atoms with van der Waals surface area (Å²) in [4.78, 5) is 12.5. The average molecular weight is 387 g/mol. The van der Waals surface area contributed by atoms with E-state index in [1.54, 1.807) is 35.9 Å². The molecule has 0 radical (unpaired) electrons. The molecule has 0 fully saturated rings. The molecule has 0 saturated carbocycles. The molecule has 2 aromatic rings. The van der Waals surface area contributed by atoms with E-state index in [0.717, 1.165) is 0 Å². The minimum Gasteiger partial charge on any atom is -0.494 e. The molecule has 0 bridgehead atoms. The van der Waals surface area contributed by atoms with E-state index >= 15 is 0 Å². The number of aryl methyl sites for hydroxylation is 1. The molecule has 0 saturated heterocycles. The number of nitrogens with zero attached hydrogens (tertiary/aromatic N) is 3. The number of benzene rings is 1. The number of aromatic nitrogens is 2. The number of anilines is 1. The maximum atomic E-state index is 12.5. The lowest BCUT2D eigenvalue weighted by Gasteiger charge is -2.07. The van der Waals surface area contributed by atoms with Gasteiger partial charge in [-0.1, -0.05) is 25.4 Å². The summed E-state index contributed by atoms with van der Waals surface area (Å²) in [5, 5.41) is 16.9. The fraction of sp³-hybridized carbons (Fsp3) is 0.350. The van der Waals surface area contributed by atoms with Gasteiger partial charge in [-0.25, -0.2) is 0 Å². The Bertz CT molecular complexity index is 877. The predicted octanol–water partition coefficient (Wildman–Crippen LogP) is 4.45. The van der Waals surface area contributed by atoms with E-state index in [1.807, 2.05) is 13.0 Å². The van der Waals surface area contributed by atoms with E-state index < -0.39 is 5.91 Å². The lowest BCUT2D eigenvalue weighted by molar-refractivity contribution is -0.112. The van der Waals surface area contributed by atoms with Gasteiger partial charge in [-0.05, 0) is 50.1 Å². The van der Waals surface area contributed by atoms with Crippen molar-refractivity contribution >= 4 is 29.3 Å². The number of nitrogens with one attached hydrogen (secondary N) is 1. The number of halogens is 1. The smallest absolute Gasteiger partial charge is 0.266 e. The van der Waals surface area contributed by atoms with Crippen LogP contribution in [-0.2, 0) is 11.3 Å². The Morgan fingerprint density at radius 2 is 2.07 bits per heavy atom. The van der Waals surface area contributed by atoms with Crippen LogP contribution in [0.2, 0.25) is 5.15 Å². The highest BCUT2D eigenvalue weighted by Crippen LogP contribution is 2.24. The molecule has 6 nitrogen and oxygen atoms in total. The van der Waals surface area contributed by atoms with Gasteiger partial charge in [0.2, 0.25) is 0 Å². The zero-order valence-corrected chi connectivity index (χ0v) is 16.7. The van der Waals surface area contributed by atoms with Crippen LogP contribution in [0.15, 0.2) is 29.8 Å². The molecule has 27 heavy (non-hydrogen) atoms. The van der Waals surface area contributed by atoms with E-state index in [2.05, 4.69) is 24.3 Å². The van der Waals surface area contributed by atoms with E-state index in [-0.39, 0.29) is 5.57 Å². The summed E-state index contributed by atoms with van der Waals surface area (Å²) in [5.74, 6) is 0.581. The third-order valence-corrected chi connectivity index (χ3v) is 4.12. The van der Waals surface area contributed by atoms with Crippen LogP contribution in [0.1, 0.15) is 32.0 Å². The molecule has 0 unspecified atom stereocenters. The molecule has 0 aliphatic rings. The summed E-state index contributed by atoms with van der Waals surface area (Å²) >= 11 is 6.39. The number of rotatable bonds is 7. The molecule has 1 amide bonds. The lowest BCUT2D eigenvalue weighted by atomic mass is 10.1. The van der Waals surface area contributed by atoms with Crippen molar-refractivity contribution in [1.82, 2.24) is 9.78 Å². The first-order chi connectivity index (χ1) is 12.8. The average Bonchev–Trinajstić information content (AvgIpc) is 2.87. The van der Waals surface area contributed by atoms with Gasteiger partial charge >= 0.3 is 0 Å². The van der Waals surface area contributed by atoms with E-state index in [4.69, 9.17) is 16.3 Å². The minimum absolute atomic E-state index is 0.0435. The Morgan fingerprint density at radius 3 is 2.63 bits per heavy atom. The first kappa shape index (κ1) is 20.5. The van der Waals surface area contributed by atoms with Crippen molar-refractivity contribution in [2.24, 2.45) is 5.92 Å². The van der Waals surface area contributed by atoms with Crippen molar-refractivity contribution in [2.45, 2.75) is 34.2 Å². The van der Waals surface area contributed by atoms with Crippen LogP contribution in [0.25, 0.3) is 6.08 Å². The predicted molar refractivity (Wildman–Crippen MR) is 107 cm³/mol. The van der Waals surface area contributed by atoms with Crippen LogP contribution >= 0.6 is 11.6 Å². The molecule has 1 heterocycles. The highest BCUT2D eigenvalue weighted by atomic mass is 35.5. The van der Waals surface area contributed by atoms with Crippen molar-refractivity contribution in [3.8, 4) is 11.8 Å². The number of hydrogen-bond donors (Lipinski definition) is 1. The van der Waals surface area contributed by atoms with Crippen LogP contribution in [0, 0.1) is 24.2 Å². The van der Waals surface area contributed by atoms with Gasteiger partial charge in [-0.2, -0.15) is 10.4 Å². The van der Waals surface area contributed by atoms with E-state index in [1.165, 1.54) is 6.08 Å². The Kier molecular flexibility index (Phi) is 7.03. The Hall–Kier alpha value is -2.78. The third-order valence-electron chi connectivity index (χ3n) is 3.72. The molecule has 0 aliphatic carbocycles. The van der Waals surface area contributed by atoms with Crippen LogP contribution in [0.3, 0.4) is 0 Å². The van der Waals surface area contributed by atoms with Crippen molar-refractivity contribution in [1.29, 1.82) is 5.26 Å². The molecule has 7 heteroatoms. The maximum Gasteiger partial charge on any atom is 0.266 e. The molecule has 2 rings (SSSR count). The topological polar surface area (TPSA) is 79.9 Å². The van der Waals surface area contributed by atoms with Gasteiger partial charge in [-0.15, -0.1) is 0 Å². The molecule has 0 aliphatic heterocycles. The number of nitriles is 1. The second-order valence-electron chi connectivity index (χ2n) is 6.45. The van der Waals surface area contributed by atoms with Crippen molar-refractivity contribution in [2.75, 3.05) is 11.9 Å². The fourth-order valence-corrected chi connectivity index (χ4v) is 2.79. The summed E-state index contributed by atoms with van der Waals surface area (Å²) < 4.78 is 7.06. The molecule has 1 aromatic heterocycles. The van der Waals surface area contributed by atoms with Gasteiger partial charge in [0.15, 0.2) is 0 Å². The number of amides is 1. The van der Waals surface area contributed by atoms with Gasteiger partial charge in [0, 0.05) is 17.8 Å². The fourth-order valence-electron chi connectivity index (χ4n) is 2.49. The van der Waals surface area contributed by atoms with Gasteiger partial charge in [0.1, 0.15) is 22.5 Å². The van der Waals surface area contributed by atoms with Gasteiger partial charge in [-0.3, -0.25) is 9.48 Å². The second kappa shape index (κ2) is 9.24. The summed E-state index contributed by atoms with van der Waals surface area (Å²) in [6.45, 7) is 9.05. The van der Waals surface area contributed by atoms with Crippen molar-refractivity contribution < 1.29 is 9.53 Å². The second-order valence-corrected chi connectivity index (χ2v) is 6.81. The number of carbonyl (C=O) groups is 1. The highest BCUT2D eigenvalue weighted by Gasteiger charge is 2.16. The van der Waals surface area contributed by atoms with Crippen molar-refractivity contribution in [3.05, 3.63) is 46.2 Å². The Balaban J connectivity index is 2.22. The number of hydrogen-bond acceptors (Lipinski definition) is 4. The molecule has 1 aromatic carbocycles. The number of ether oxygens (including phenoxy) is 1. The monoisotopic (exact) mass is 386 g/mol. The van der Waals surface area contributed by atoms with Gasteiger partial charge in [0.05, 0.1) is 12.3 Å². The Morgan fingerprint density at radius 1 is 1.41 bits per heavy atom. The molecule has 1 N–H and O–H groups in total. The van der Waals surface area contributed by atoms with E-state index in [9.17, 15) is 10.1 Å². The van der Waals surface area contributed by atoms with Crippen LogP contribution < -0.4 is 10.1 Å². The molecule has 142 valence electrons. The highest BCUT2D eigenvalue weighted by molar-refractivity contribution is 6.31.